The van der Waals surface area contributed by atoms with Gasteiger partial charge in [-0.1, -0.05) is 22.9 Å². The van der Waals surface area contributed by atoms with Gasteiger partial charge in [0.1, 0.15) is 5.75 Å². The third-order valence-corrected chi connectivity index (χ3v) is 3.54. The standard InChI is InChI=1S/C15H23BrN2O3/c1-10-6-13(16)7-12(8-18-4-5-20-3)14(10)21-9-11(2)15(17)19/h6-7,11,18H,4-5,8-9H2,1-3H3,(H2,17,19). The number of carbonyl (C=O) groups is 1. The van der Waals surface area contributed by atoms with Gasteiger partial charge in [-0.3, -0.25) is 4.79 Å². The Labute approximate surface area is 134 Å². The fourth-order valence-corrected chi connectivity index (χ4v) is 2.44. The first-order valence-corrected chi connectivity index (χ1v) is 7.65. The number of carbonyl (C=O) groups excluding carboxylic acids is 1. The molecule has 0 aliphatic carbocycles. The zero-order chi connectivity index (χ0) is 15.8. The Bertz CT molecular complexity index is 480. The number of aryl methyl sites for hydroxylation is 1. The summed E-state index contributed by atoms with van der Waals surface area (Å²) >= 11 is 3.49. The zero-order valence-corrected chi connectivity index (χ0v) is 14.3. The quantitative estimate of drug-likeness (QED) is 0.662. The van der Waals surface area contributed by atoms with E-state index in [0.29, 0.717) is 13.2 Å². The molecule has 6 heteroatoms. The molecule has 1 rings (SSSR count). The molecule has 3 N–H and O–H groups in total. The van der Waals surface area contributed by atoms with Crippen molar-refractivity contribution in [2.24, 2.45) is 11.7 Å². The molecule has 0 aliphatic heterocycles. The van der Waals surface area contributed by atoms with E-state index < -0.39 is 0 Å². The minimum absolute atomic E-state index is 0.281. The van der Waals surface area contributed by atoms with Crippen molar-refractivity contribution >= 4 is 21.8 Å². The number of nitrogens with two attached hydrogens (primary N) is 1. The molecule has 1 atom stereocenters. The molecule has 5 nitrogen and oxygen atoms in total. The van der Waals surface area contributed by atoms with E-state index in [1.54, 1.807) is 14.0 Å². The van der Waals surface area contributed by atoms with Crippen LogP contribution in [0.2, 0.25) is 0 Å². The van der Waals surface area contributed by atoms with Gasteiger partial charge in [-0.05, 0) is 24.6 Å². The van der Waals surface area contributed by atoms with Crippen LogP contribution >= 0.6 is 15.9 Å². The Hall–Kier alpha value is -1.11. The van der Waals surface area contributed by atoms with E-state index in [1.807, 2.05) is 19.1 Å². The van der Waals surface area contributed by atoms with Crippen molar-refractivity contribution in [2.75, 3.05) is 26.9 Å². The van der Waals surface area contributed by atoms with Crippen molar-refractivity contribution < 1.29 is 14.3 Å². The van der Waals surface area contributed by atoms with Crippen molar-refractivity contribution in [2.45, 2.75) is 20.4 Å². The fraction of sp³-hybridized carbons (Fsp3) is 0.533. The van der Waals surface area contributed by atoms with E-state index in [0.717, 1.165) is 27.9 Å². The molecule has 0 saturated heterocycles. The number of halogens is 1. The van der Waals surface area contributed by atoms with Gasteiger partial charge in [-0.2, -0.15) is 0 Å². The topological polar surface area (TPSA) is 73.6 Å². The first-order valence-electron chi connectivity index (χ1n) is 6.86. The SMILES string of the molecule is COCCNCc1cc(Br)cc(C)c1OCC(C)C(N)=O. The number of rotatable bonds is 9. The van der Waals surface area contributed by atoms with E-state index in [-0.39, 0.29) is 18.4 Å². The van der Waals surface area contributed by atoms with E-state index in [9.17, 15) is 4.79 Å². The highest BCUT2D eigenvalue weighted by molar-refractivity contribution is 9.10. The summed E-state index contributed by atoms with van der Waals surface area (Å²) in [6.07, 6.45) is 0. The summed E-state index contributed by atoms with van der Waals surface area (Å²) in [5.74, 6) is 0.128. The number of hydrogen-bond acceptors (Lipinski definition) is 4. The summed E-state index contributed by atoms with van der Waals surface area (Å²) in [7, 11) is 1.67. The first kappa shape index (κ1) is 17.9. The van der Waals surface area contributed by atoms with E-state index in [2.05, 4.69) is 21.2 Å². The highest BCUT2D eigenvalue weighted by atomic mass is 79.9. The molecular formula is C15H23BrN2O3. The number of methoxy groups -OCH3 is 1. The molecular weight excluding hydrogens is 336 g/mol. The van der Waals surface area contributed by atoms with Gasteiger partial charge in [0.15, 0.2) is 0 Å². The third-order valence-electron chi connectivity index (χ3n) is 3.08. The summed E-state index contributed by atoms with van der Waals surface area (Å²) in [4.78, 5) is 11.1. The van der Waals surface area contributed by atoms with Gasteiger partial charge in [0, 0.05) is 30.2 Å². The van der Waals surface area contributed by atoms with Crippen molar-refractivity contribution in [3.8, 4) is 5.75 Å². The second-order valence-electron chi connectivity index (χ2n) is 4.99. The van der Waals surface area contributed by atoms with E-state index in [1.165, 1.54) is 0 Å². The predicted molar refractivity (Wildman–Crippen MR) is 86.3 cm³/mol. The molecule has 1 aromatic carbocycles. The summed E-state index contributed by atoms with van der Waals surface area (Å²) in [5.41, 5.74) is 7.32. The minimum Gasteiger partial charge on any atom is -0.492 e. The van der Waals surface area contributed by atoms with E-state index >= 15 is 0 Å². The lowest BCUT2D eigenvalue weighted by Gasteiger charge is -2.17. The van der Waals surface area contributed by atoms with Crippen LogP contribution in [0.15, 0.2) is 16.6 Å². The molecule has 0 spiro atoms. The second kappa shape index (κ2) is 9.02. The number of primary amides is 1. The molecule has 21 heavy (non-hydrogen) atoms. The lowest BCUT2D eigenvalue weighted by atomic mass is 10.1. The average molecular weight is 359 g/mol. The van der Waals surface area contributed by atoms with Gasteiger partial charge in [0.25, 0.3) is 0 Å². The van der Waals surface area contributed by atoms with Crippen LogP contribution in [0, 0.1) is 12.8 Å². The minimum atomic E-state index is -0.357. The number of benzene rings is 1. The number of nitrogens with one attached hydrogen (secondary N) is 1. The highest BCUT2D eigenvalue weighted by Gasteiger charge is 2.13. The van der Waals surface area contributed by atoms with Crippen LogP contribution in [0.5, 0.6) is 5.75 Å². The van der Waals surface area contributed by atoms with Gasteiger partial charge >= 0.3 is 0 Å². The molecule has 1 unspecified atom stereocenters. The number of hydrogen-bond donors (Lipinski definition) is 2. The maximum absolute atomic E-state index is 11.1. The monoisotopic (exact) mass is 358 g/mol. The van der Waals surface area contributed by atoms with Gasteiger partial charge in [-0.15, -0.1) is 0 Å². The van der Waals surface area contributed by atoms with Crippen LogP contribution in [0.25, 0.3) is 0 Å². The molecule has 0 saturated carbocycles. The van der Waals surface area contributed by atoms with Crippen LogP contribution in [-0.2, 0) is 16.1 Å². The summed E-state index contributed by atoms with van der Waals surface area (Å²) in [5, 5.41) is 3.29. The van der Waals surface area contributed by atoms with Crippen LogP contribution in [0.1, 0.15) is 18.1 Å². The van der Waals surface area contributed by atoms with Crippen molar-refractivity contribution in [1.29, 1.82) is 0 Å². The van der Waals surface area contributed by atoms with Crippen molar-refractivity contribution in [1.82, 2.24) is 5.32 Å². The summed E-state index contributed by atoms with van der Waals surface area (Å²) in [6.45, 7) is 6.11. The van der Waals surface area contributed by atoms with Gasteiger partial charge in [-0.25, -0.2) is 0 Å². The molecule has 0 bridgehead atoms. The van der Waals surface area contributed by atoms with Crippen LogP contribution in [-0.4, -0.2) is 32.8 Å². The maximum atomic E-state index is 11.1. The smallest absolute Gasteiger partial charge is 0.223 e. The van der Waals surface area contributed by atoms with Gasteiger partial charge in [0.2, 0.25) is 5.91 Å². The lowest BCUT2D eigenvalue weighted by Crippen LogP contribution is -2.26. The Morgan fingerprint density at radius 3 is 2.81 bits per heavy atom. The second-order valence-corrected chi connectivity index (χ2v) is 5.91. The first-order chi connectivity index (χ1) is 9.95. The molecule has 1 amide bonds. The molecule has 0 heterocycles. The van der Waals surface area contributed by atoms with Gasteiger partial charge < -0.3 is 20.5 Å². The average Bonchev–Trinajstić information content (AvgIpc) is 2.42. The Kier molecular flexibility index (Phi) is 7.71. The van der Waals surface area contributed by atoms with Crippen LogP contribution in [0.3, 0.4) is 0 Å². The lowest BCUT2D eigenvalue weighted by molar-refractivity contribution is -0.122. The molecule has 118 valence electrons. The Morgan fingerprint density at radius 2 is 2.19 bits per heavy atom. The normalized spacial score (nSPS) is 12.2. The van der Waals surface area contributed by atoms with Crippen LogP contribution in [0.4, 0.5) is 0 Å². The predicted octanol–water partition coefficient (Wildman–Crippen LogP) is 1.99. The van der Waals surface area contributed by atoms with Crippen molar-refractivity contribution in [3.63, 3.8) is 0 Å². The summed E-state index contributed by atoms with van der Waals surface area (Å²) < 4.78 is 11.8. The molecule has 0 aliphatic rings. The largest absolute Gasteiger partial charge is 0.492 e. The molecule has 0 fully saturated rings. The Balaban J connectivity index is 2.77. The van der Waals surface area contributed by atoms with E-state index in [4.69, 9.17) is 15.2 Å². The molecule has 1 aromatic rings. The fourth-order valence-electron chi connectivity index (χ4n) is 1.82. The van der Waals surface area contributed by atoms with Crippen LogP contribution < -0.4 is 15.8 Å². The third kappa shape index (κ3) is 6.03. The molecule has 0 radical (unpaired) electrons. The number of ether oxygens (including phenoxy) is 2. The molecule has 0 aromatic heterocycles. The maximum Gasteiger partial charge on any atom is 0.223 e. The zero-order valence-electron chi connectivity index (χ0n) is 12.7. The summed E-state index contributed by atoms with van der Waals surface area (Å²) in [6, 6.07) is 4.00. The number of amides is 1. The highest BCUT2D eigenvalue weighted by Crippen LogP contribution is 2.28. The Morgan fingerprint density at radius 1 is 1.48 bits per heavy atom. The van der Waals surface area contributed by atoms with Crippen molar-refractivity contribution in [3.05, 3.63) is 27.7 Å². The van der Waals surface area contributed by atoms with Gasteiger partial charge in [0.05, 0.1) is 19.1 Å².